The molecule has 4 heterocycles. The number of ether oxygens (including phenoxy) is 3. The van der Waals surface area contributed by atoms with Gasteiger partial charge in [-0.2, -0.15) is 18.4 Å². The molecule has 15 nitrogen and oxygen atoms in total. The number of rotatable bonds is 18. The van der Waals surface area contributed by atoms with Gasteiger partial charge in [0.1, 0.15) is 35.5 Å². The van der Waals surface area contributed by atoms with Crippen molar-refractivity contribution in [3.63, 3.8) is 0 Å². The highest BCUT2D eigenvalue weighted by Gasteiger charge is 2.52. The third kappa shape index (κ3) is 12.0. The second-order valence-corrected chi connectivity index (χ2v) is 20.3. The molecule has 3 aromatic carbocycles. The number of aromatic nitrogens is 2. The summed E-state index contributed by atoms with van der Waals surface area (Å²) in [7, 11) is 0. The van der Waals surface area contributed by atoms with Gasteiger partial charge < -0.3 is 34.6 Å². The standard InChI is InChI=1S/C52H53F5N8O7S2/c1-30-42(74-29-61-30)32-12-10-31(11-13-32)27-59-45(67)39-9-7-20-63(39)47(68)43(50(2,3)4)62-44(66)33-14-17-36(18-15-33)71-24-23-70-21-8-22-72-46-37(53)25-35(28-60-46)65-49(73)64(48(69)51(65,5)6)38-19-16-34(26-58)40(41(38)54)52(55,56)57/h10-19,25,28-29,39,43H,7-9,20-24,27H2,1-6H3,(H,59,67)(H,62,66)/t39-,43+/m0/s1. The zero-order valence-electron chi connectivity index (χ0n) is 41.3. The van der Waals surface area contributed by atoms with Crippen molar-refractivity contribution in [2.45, 2.75) is 91.1 Å². The molecule has 0 unspecified atom stereocenters. The first-order valence-electron chi connectivity index (χ1n) is 23.5. The van der Waals surface area contributed by atoms with Crippen molar-refractivity contribution < 1.29 is 55.3 Å². The van der Waals surface area contributed by atoms with E-state index in [9.17, 15) is 32.3 Å². The Labute approximate surface area is 433 Å². The van der Waals surface area contributed by atoms with Gasteiger partial charge in [0.05, 0.1) is 58.5 Å². The highest BCUT2D eigenvalue weighted by molar-refractivity contribution is 7.81. The van der Waals surface area contributed by atoms with Gasteiger partial charge in [0.2, 0.25) is 11.8 Å². The number of alkyl halides is 3. The number of nitrogens with one attached hydrogen (secondary N) is 2. The molecule has 2 atom stereocenters. The van der Waals surface area contributed by atoms with E-state index in [1.807, 2.05) is 57.5 Å². The van der Waals surface area contributed by atoms with Crippen molar-refractivity contribution in [1.29, 1.82) is 5.26 Å². The highest BCUT2D eigenvalue weighted by atomic mass is 32.1. The first-order valence-corrected chi connectivity index (χ1v) is 24.8. The van der Waals surface area contributed by atoms with Crippen LogP contribution in [-0.2, 0) is 31.8 Å². The second-order valence-electron chi connectivity index (χ2n) is 19.1. The summed E-state index contributed by atoms with van der Waals surface area (Å²) in [6.45, 7) is 11.5. The molecule has 2 N–H and O–H groups in total. The van der Waals surface area contributed by atoms with Gasteiger partial charge in [-0.3, -0.25) is 24.1 Å². The van der Waals surface area contributed by atoms with Crippen molar-refractivity contribution in [2.24, 2.45) is 5.41 Å². The van der Waals surface area contributed by atoms with Gasteiger partial charge >= 0.3 is 6.18 Å². The van der Waals surface area contributed by atoms with Crippen LogP contribution in [0.3, 0.4) is 0 Å². The first-order chi connectivity index (χ1) is 35.0. The van der Waals surface area contributed by atoms with Crippen molar-refractivity contribution >= 4 is 63.7 Å². The topological polar surface area (TPSA) is 179 Å². The van der Waals surface area contributed by atoms with Crippen LogP contribution in [0.15, 0.2) is 78.4 Å². The molecule has 2 saturated heterocycles. The molecule has 0 radical (unpaired) electrons. The number of hydrogen-bond donors (Lipinski definition) is 2. The number of halogens is 5. The predicted molar refractivity (Wildman–Crippen MR) is 269 cm³/mol. The van der Waals surface area contributed by atoms with Crippen LogP contribution in [0, 0.1) is 35.3 Å². The summed E-state index contributed by atoms with van der Waals surface area (Å²) in [5.74, 6) is -4.68. The average Bonchev–Trinajstić information content (AvgIpc) is 4.07. The number of hydrogen-bond acceptors (Lipinski definition) is 12. The summed E-state index contributed by atoms with van der Waals surface area (Å²) in [5.41, 5.74) is -0.956. The summed E-state index contributed by atoms with van der Waals surface area (Å²) in [4.78, 5) is 67.2. The monoisotopic (exact) mass is 1060 g/mol. The van der Waals surface area contributed by atoms with E-state index in [1.54, 1.807) is 40.5 Å². The molecular weight excluding hydrogens is 1010 g/mol. The second kappa shape index (κ2) is 22.6. The fourth-order valence-electron chi connectivity index (χ4n) is 8.54. The van der Waals surface area contributed by atoms with Gasteiger partial charge in [0, 0.05) is 37.7 Å². The van der Waals surface area contributed by atoms with E-state index in [-0.39, 0.29) is 49.8 Å². The molecular formula is C52H53F5N8O7S2. The van der Waals surface area contributed by atoms with Crippen LogP contribution in [0.4, 0.5) is 33.3 Å². The van der Waals surface area contributed by atoms with E-state index < -0.39 is 74.6 Å². The molecule has 0 saturated carbocycles. The Balaban J connectivity index is 0.836. The lowest BCUT2D eigenvalue weighted by molar-refractivity contribution is -0.142. The van der Waals surface area contributed by atoms with E-state index in [2.05, 4.69) is 20.6 Å². The summed E-state index contributed by atoms with van der Waals surface area (Å²) >= 11 is 6.98. The van der Waals surface area contributed by atoms with E-state index in [1.165, 1.54) is 19.9 Å². The number of benzene rings is 3. The smallest absolute Gasteiger partial charge is 0.420 e. The maximum atomic E-state index is 15.4. The Morgan fingerprint density at radius 1 is 0.973 bits per heavy atom. The van der Waals surface area contributed by atoms with Crippen LogP contribution < -0.4 is 29.9 Å². The van der Waals surface area contributed by atoms with E-state index in [4.69, 9.17) is 31.7 Å². The van der Waals surface area contributed by atoms with Gasteiger partial charge in [-0.05, 0) is 98.8 Å². The fraction of sp³-hybridized carbons (Fsp3) is 0.385. The fourth-order valence-corrected chi connectivity index (χ4v) is 9.86. The van der Waals surface area contributed by atoms with Crippen LogP contribution in [-0.4, -0.2) is 94.2 Å². The zero-order chi connectivity index (χ0) is 53.7. The number of nitrogens with zero attached hydrogens (tertiary/aromatic N) is 6. The van der Waals surface area contributed by atoms with Gasteiger partial charge in [0.15, 0.2) is 16.7 Å². The summed E-state index contributed by atoms with van der Waals surface area (Å²) in [6.07, 6.45) is -2.62. The third-order valence-corrected chi connectivity index (χ3v) is 13.8. The molecule has 22 heteroatoms. The lowest BCUT2D eigenvalue weighted by Crippen LogP contribution is -2.57. The van der Waals surface area contributed by atoms with Gasteiger partial charge in [0.25, 0.3) is 17.7 Å². The number of likely N-dealkylation sites (tertiary alicyclic amines) is 1. The van der Waals surface area contributed by atoms with Crippen LogP contribution >= 0.6 is 23.6 Å². The molecule has 0 bridgehead atoms. The molecule has 74 heavy (non-hydrogen) atoms. The van der Waals surface area contributed by atoms with E-state index in [0.29, 0.717) is 48.6 Å². The van der Waals surface area contributed by atoms with E-state index >= 15 is 8.78 Å². The van der Waals surface area contributed by atoms with Gasteiger partial charge in [-0.15, -0.1) is 11.3 Å². The van der Waals surface area contributed by atoms with Crippen LogP contribution in [0.5, 0.6) is 11.6 Å². The number of amides is 4. The molecule has 390 valence electrons. The normalized spacial score (nSPS) is 16.0. The van der Waals surface area contributed by atoms with Gasteiger partial charge in [-0.1, -0.05) is 45.0 Å². The summed E-state index contributed by atoms with van der Waals surface area (Å²) in [6, 6.07) is 16.6. The molecule has 7 rings (SSSR count). The third-order valence-electron chi connectivity index (χ3n) is 12.4. The molecule has 2 aromatic heterocycles. The summed E-state index contributed by atoms with van der Waals surface area (Å²) < 4.78 is 88.8. The molecule has 2 fully saturated rings. The van der Waals surface area contributed by atoms with Crippen molar-refractivity contribution in [3.8, 4) is 28.1 Å². The number of pyridine rings is 1. The number of thiazole rings is 1. The Kier molecular flexibility index (Phi) is 16.7. The lowest BCUT2D eigenvalue weighted by atomic mass is 9.85. The summed E-state index contributed by atoms with van der Waals surface area (Å²) in [5, 5.41) is 14.6. The number of carbonyl (C=O) groups excluding carboxylic acids is 4. The van der Waals surface area contributed by atoms with Crippen LogP contribution in [0.25, 0.3) is 10.4 Å². The minimum atomic E-state index is -5.25. The Bertz CT molecular complexity index is 2960. The first kappa shape index (κ1) is 54.7. The quantitative estimate of drug-likeness (QED) is 0.0484. The van der Waals surface area contributed by atoms with Crippen molar-refractivity contribution in [2.75, 3.05) is 42.8 Å². The highest BCUT2D eigenvalue weighted by Crippen LogP contribution is 2.42. The minimum Gasteiger partial charge on any atom is -0.491 e. The molecule has 2 aliphatic heterocycles. The maximum Gasteiger partial charge on any atom is 0.420 e. The SMILES string of the molecule is Cc1ncsc1-c1ccc(CNC(=O)[C@@H]2CCCN2C(=O)[C@@H](NC(=O)c2ccc(OCCOCCCOc3ncc(N4C(=S)N(c5ccc(C#N)c(C(F)(F)F)c5F)C(=O)C4(C)C)cc3F)cc2)C(C)(C)C)cc1. The minimum absolute atomic E-state index is 0.00643. The number of carbonyl (C=O) groups is 4. The lowest BCUT2D eigenvalue weighted by Gasteiger charge is -2.35. The largest absolute Gasteiger partial charge is 0.491 e. The Hall–Kier alpha value is -7.09. The number of anilines is 2. The number of aryl methyl sites for hydroxylation is 1. The predicted octanol–water partition coefficient (Wildman–Crippen LogP) is 8.92. The van der Waals surface area contributed by atoms with Gasteiger partial charge in [-0.25, -0.2) is 18.7 Å². The van der Waals surface area contributed by atoms with Crippen LogP contribution in [0.2, 0.25) is 0 Å². The van der Waals surface area contributed by atoms with Crippen LogP contribution in [0.1, 0.15) is 86.6 Å². The molecule has 2 aliphatic rings. The molecule has 0 aliphatic carbocycles. The maximum absolute atomic E-state index is 15.4. The van der Waals surface area contributed by atoms with Crippen molar-refractivity contribution in [1.82, 2.24) is 25.5 Å². The Morgan fingerprint density at radius 2 is 1.69 bits per heavy atom. The van der Waals surface area contributed by atoms with E-state index in [0.717, 1.165) is 51.0 Å². The number of nitriles is 1. The molecule has 0 spiro atoms. The average molecular weight is 1060 g/mol. The molecule has 4 amide bonds. The van der Waals surface area contributed by atoms with Crippen molar-refractivity contribution in [3.05, 3.63) is 118 Å². The zero-order valence-corrected chi connectivity index (χ0v) is 42.9. The number of thiocarbonyl (C=S) groups is 1. The Morgan fingerprint density at radius 3 is 2.32 bits per heavy atom. The molecule has 5 aromatic rings.